The molecule has 0 aromatic carbocycles. The Morgan fingerprint density at radius 3 is 3.06 bits per heavy atom. The summed E-state index contributed by atoms with van der Waals surface area (Å²) in [4.78, 5) is 11.7. The molecule has 0 aliphatic carbocycles. The maximum Gasteiger partial charge on any atom is 0.341 e. The normalized spacial score (nSPS) is 10.5. The maximum atomic E-state index is 11.7. The van der Waals surface area contributed by atoms with Gasteiger partial charge in [-0.15, -0.1) is 0 Å². The number of thioether (sulfide) groups is 1. The van der Waals surface area contributed by atoms with E-state index < -0.39 is 0 Å². The van der Waals surface area contributed by atoms with Crippen LogP contribution in [-0.2, 0) is 18.3 Å². The van der Waals surface area contributed by atoms with Gasteiger partial charge in [-0.1, -0.05) is 0 Å². The molecule has 0 radical (unpaired) electrons. The molecule has 1 N–H and O–H groups in total. The molecule has 6 heteroatoms. The van der Waals surface area contributed by atoms with Crippen LogP contribution in [0.1, 0.15) is 23.0 Å². The fourth-order valence-corrected chi connectivity index (χ4v) is 1.78. The lowest BCUT2D eigenvalue weighted by Gasteiger charge is -2.07. The highest BCUT2D eigenvalue weighted by Crippen LogP contribution is 2.09. The van der Waals surface area contributed by atoms with Gasteiger partial charge in [0.05, 0.1) is 18.5 Å². The summed E-state index contributed by atoms with van der Waals surface area (Å²) in [5.74, 6) is 0.745. The molecule has 0 saturated carbocycles. The van der Waals surface area contributed by atoms with Gasteiger partial charge in [0.25, 0.3) is 0 Å². The van der Waals surface area contributed by atoms with Gasteiger partial charge in [-0.2, -0.15) is 16.9 Å². The fraction of sp³-hybridized carbons (Fsp3) is 0.636. The molecule has 0 atom stereocenters. The number of carbonyl (C=O) groups is 1. The smallest absolute Gasteiger partial charge is 0.341 e. The molecule has 0 bridgehead atoms. The number of ether oxygens (including phenoxy) is 1. The molecule has 0 unspecified atom stereocenters. The summed E-state index contributed by atoms with van der Waals surface area (Å²) in [7, 11) is 1.83. The van der Waals surface area contributed by atoms with Crippen molar-refractivity contribution in [2.75, 3.05) is 25.2 Å². The third kappa shape index (κ3) is 4.05. The molecule has 17 heavy (non-hydrogen) atoms. The van der Waals surface area contributed by atoms with Crippen molar-refractivity contribution >= 4 is 17.7 Å². The van der Waals surface area contributed by atoms with Crippen molar-refractivity contribution in [2.45, 2.75) is 13.5 Å². The van der Waals surface area contributed by atoms with Crippen LogP contribution in [0.25, 0.3) is 0 Å². The minimum absolute atomic E-state index is 0.303. The zero-order valence-electron chi connectivity index (χ0n) is 10.5. The molecule has 1 aromatic rings. The van der Waals surface area contributed by atoms with Gasteiger partial charge in [0, 0.05) is 25.9 Å². The van der Waals surface area contributed by atoms with Gasteiger partial charge >= 0.3 is 5.97 Å². The van der Waals surface area contributed by atoms with Crippen molar-refractivity contribution in [3.05, 3.63) is 17.5 Å². The molecule has 96 valence electrons. The van der Waals surface area contributed by atoms with E-state index in [1.807, 2.05) is 7.05 Å². The first-order valence-corrected chi connectivity index (χ1v) is 6.97. The highest BCUT2D eigenvalue weighted by atomic mass is 32.2. The van der Waals surface area contributed by atoms with Crippen LogP contribution in [0.5, 0.6) is 0 Å². The Kier molecular flexibility index (Phi) is 6.07. The minimum atomic E-state index is -0.303. The molecule has 0 fully saturated rings. The summed E-state index contributed by atoms with van der Waals surface area (Å²) < 4.78 is 6.69. The van der Waals surface area contributed by atoms with Gasteiger partial charge in [0.2, 0.25) is 0 Å². The second kappa shape index (κ2) is 7.34. The zero-order chi connectivity index (χ0) is 12.7. The lowest BCUT2D eigenvalue weighted by atomic mass is 10.2. The molecular weight excluding hydrogens is 238 g/mol. The van der Waals surface area contributed by atoms with E-state index in [0.29, 0.717) is 18.7 Å². The van der Waals surface area contributed by atoms with Gasteiger partial charge in [0.1, 0.15) is 5.56 Å². The third-order valence-corrected chi connectivity index (χ3v) is 2.94. The number of hydrogen-bond acceptors (Lipinski definition) is 5. The molecule has 0 aliphatic rings. The van der Waals surface area contributed by atoms with Crippen molar-refractivity contribution in [1.29, 1.82) is 0 Å². The van der Waals surface area contributed by atoms with E-state index in [0.717, 1.165) is 18.0 Å². The second-order valence-corrected chi connectivity index (χ2v) is 4.50. The summed E-state index contributed by atoms with van der Waals surface area (Å²) in [5.41, 5.74) is 1.41. The van der Waals surface area contributed by atoms with Gasteiger partial charge < -0.3 is 10.1 Å². The van der Waals surface area contributed by atoms with Crippen LogP contribution >= 0.6 is 11.8 Å². The topological polar surface area (TPSA) is 56.1 Å². The van der Waals surface area contributed by atoms with Gasteiger partial charge in [-0.3, -0.25) is 4.68 Å². The van der Waals surface area contributed by atoms with Crippen molar-refractivity contribution in [1.82, 2.24) is 15.1 Å². The Hall–Kier alpha value is -1.01. The number of hydrogen-bond donors (Lipinski definition) is 1. The maximum absolute atomic E-state index is 11.7. The summed E-state index contributed by atoms with van der Waals surface area (Å²) in [6.07, 6.45) is 3.62. The standard InChI is InChI=1S/C11H19N3O2S/c1-4-16-11(15)9-7-13-14(2)10(9)8-12-5-6-17-3/h7,12H,4-6,8H2,1-3H3. The van der Waals surface area contributed by atoms with E-state index in [9.17, 15) is 4.79 Å². The number of rotatable bonds is 7. The molecule has 0 spiro atoms. The molecule has 0 amide bonds. The van der Waals surface area contributed by atoms with Crippen molar-refractivity contribution in [3.8, 4) is 0 Å². The predicted octanol–water partition coefficient (Wildman–Crippen LogP) is 1.05. The first-order chi connectivity index (χ1) is 8.20. The van der Waals surface area contributed by atoms with Crippen LogP contribution in [0.15, 0.2) is 6.20 Å². The molecule has 0 aliphatic heterocycles. The molecule has 1 aromatic heterocycles. The monoisotopic (exact) mass is 257 g/mol. The Morgan fingerprint density at radius 2 is 2.41 bits per heavy atom. The highest BCUT2D eigenvalue weighted by Gasteiger charge is 2.16. The van der Waals surface area contributed by atoms with Crippen LogP contribution in [0, 0.1) is 0 Å². The lowest BCUT2D eigenvalue weighted by Crippen LogP contribution is -2.20. The lowest BCUT2D eigenvalue weighted by molar-refractivity contribution is 0.0524. The van der Waals surface area contributed by atoms with E-state index in [1.165, 1.54) is 0 Å². The van der Waals surface area contributed by atoms with E-state index >= 15 is 0 Å². The summed E-state index contributed by atoms with van der Waals surface area (Å²) in [6, 6.07) is 0. The second-order valence-electron chi connectivity index (χ2n) is 3.52. The zero-order valence-corrected chi connectivity index (χ0v) is 11.3. The summed E-state index contributed by atoms with van der Waals surface area (Å²) in [6.45, 7) is 3.72. The Balaban J connectivity index is 2.63. The predicted molar refractivity (Wildman–Crippen MR) is 69.3 cm³/mol. The quantitative estimate of drug-likeness (QED) is 0.584. The van der Waals surface area contributed by atoms with Gasteiger partial charge in [-0.05, 0) is 13.2 Å². The van der Waals surface area contributed by atoms with Crippen molar-refractivity contribution in [2.24, 2.45) is 7.05 Å². The first kappa shape index (κ1) is 14.1. The number of carbonyl (C=O) groups excluding carboxylic acids is 1. The molecular formula is C11H19N3O2S. The fourth-order valence-electron chi connectivity index (χ4n) is 1.43. The van der Waals surface area contributed by atoms with Gasteiger partial charge in [-0.25, -0.2) is 4.79 Å². The van der Waals surface area contributed by atoms with E-state index in [1.54, 1.807) is 29.6 Å². The average molecular weight is 257 g/mol. The van der Waals surface area contributed by atoms with Crippen LogP contribution < -0.4 is 5.32 Å². The van der Waals surface area contributed by atoms with Crippen LogP contribution in [0.2, 0.25) is 0 Å². The Labute approximate surface area is 106 Å². The number of aromatic nitrogens is 2. The third-order valence-electron chi connectivity index (χ3n) is 2.33. The number of nitrogens with zero attached hydrogens (tertiary/aromatic N) is 2. The molecule has 5 nitrogen and oxygen atoms in total. The molecule has 1 rings (SSSR count). The molecule has 1 heterocycles. The highest BCUT2D eigenvalue weighted by molar-refractivity contribution is 7.98. The summed E-state index contributed by atoms with van der Waals surface area (Å²) >= 11 is 1.79. The number of esters is 1. The van der Waals surface area contributed by atoms with E-state index in [4.69, 9.17) is 4.74 Å². The van der Waals surface area contributed by atoms with E-state index in [2.05, 4.69) is 16.7 Å². The Bertz CT molecular complexity index is 366. The van der Waals surface area contributed by atoms with Crippen LogP contribution in [0.4, 0.5) is 0 Å². The van der Waals surface area contributed by atoms with Gasteiger partial charge in [0.15, 0.2) is 0 Å². The SMILES string of the molecule is CCOC(=O)c1cnn(C)c1CNCCSC. The van der Waals surface area contributed by atoms with Crippen molar-refractivity contribution < 1.29 is 9.53 Å². The first-order valence-electron chi connectivity index (χ1n) is 5.58. The van der Waals surface area contributed by atoms with Crippen LogP contribution in [-0.4, -0.2) is 40.9 Å². The van der Waals surface area contributed by atoms with Crippen molar-refractivity contribution in [3.63, 3.8) is 0 Å². The number of nitrogens with one attached hydrogen (secondary N) is 1. The molecule has 0 saturated heterocycles. The van der Waals surface area contributed by atoms with E-state index in [-0.39, 0.29) is 5.97 Å². The minimum Gasteiger partial charge on any atom is -0.462 e. The average Bonchev–Trinajstić information content (AvgIpc) is 2.67. The number of aryl methyl sites for hydroxylation is 1. The Morgan fingerprint density at radius 1 is 1.65 bits per heavy atom. The van der Waals surface area contributed by atoms with Crippen LogP contribution in [0.3, 0.4) is 0 Å². The summed E-state index contributed by atoms with van der Waals surface area (Å²) in [5, 5.41) is 7.37. The largest absolute Gasteiger partial charge is 0.462 e.